The summed E-state index contributed by atoms with van der Waals surface area (Å²) in [5, 5.41) is 0. The van der Waals surface area contributed by atoms with Gasteiger partial charge in [-0.2, -0.15) is 13.2 Å². The summed E-state index contributed by atoms with van der Waals surface area (Å²) in [6.07, 6.45) is -2.76. The molecular weight excluding hydrogens is 283 g/mol. The zero-order chi connectivity index (χ0) is 14.5. The Morgan fingerprint density at radius 2 is 1.95 bits per heavy atom. The number of nitrogens with two attached hydrogens (primary N) is 1. The molecule has 1 heterocycles. The number of sulfonamides is 1. The van der Waals surface area contributed by atoms with Crippen LogP contribution in [0.4, 0.5) is 18.9 Å². The van der Waals surface area contributed by atoms with Gasteiger partial charge in [0, 0.05) is 0 Å². The summed E-state index contributed by atoms with van der Waals surface area (Å²) >= 11 is 0. The minimum absolute atomic E-state index is 0.000693. The van der Waals surface area contributed by atoms with Crippen LogP contribution in [0, 0.1) is 0 Å². The Balaban J connectivity index is 2.67. The van der Waals surface area contributed by atoms with Crippen molar-refractivity contribution >= 4 is 15.7 Å². The molecule has 0 aliphatic carbocycles. The molecule has 0 aromatic carbocycles. The molecule has 0 saturated heterocycles. The quantitative estimate of drug-likeness (QED) is 0.781. The van der Waals surface area contributed by atoms with Gasteiger partial charge < -0.3 is 5.73 Å². The fourth-order valence-corrected chi connectivity index (χ4v) is 2.46. The van der Waals surface area contributed by atoms with Crippen LogP contribution in [0.3, 0.4) is 0 Å². The third-order valence-electron chi connectivity index (χ3n) is 2.19. The van der Waals surface area contributed by atoms with Crippen LogP contribution in [0.5, 0.6) is 0 Å². The van der Waals surface area contributed by atoms with Crippen molar-refractivity contribution in [2.24, 2.45) is 5.73 Å². The summed E-state index contributed by atoms with van der Waals surface area (Å²) in [7, 11) is -3.58. The lowest BCUT2D eigenvalue weighted by Gasteiger charge is -2.09. The Kier molecular flexibility index (Phi) is 5.12. The van der Waals surface area contributed by atoms with Crippen molar-refractivity contribution < 1.29 is 21.6 Å². The molecule has 0 amide bonds. The number of alkyl halides is 3. The molecule has 3 N–H and O–H groups in total. The number of rotatable bonds is 6. The first-order chi connectivity index (χ1) is 8.74. The Bertz CT molecular complexity index is 500. The SMILES string of the molecule is NCCCCS(=O)(=O)Nc1ccc(C(F)(F)F)nc1. The Labute approximate surface area is 109 Å². The highest BCUT2D eigenvalue weighted by Gasteiger charge is 2.32. The van der Waals surface area contributed by atoms with Crippen LogP contribution in [0.2, 0.25) is 0 Å². The molecule has 0 unspecified atom stereocenters. The van der Waals surface area contributed by atoms with Gasteiger partial charge in [0.25, 0.3) is 0 Å². The zero-order valence-corrected chi connectivity index (χ0v) is 10.8. The van der Waals surface area contributed by atoms with E-state index >= 15 is 0 Å². The zero-order valence-electron chi connectivity index (χ0n) is 9.94. The summed E-state index contributed by atoms with van der Waals surface area (Å²) < 4.78 is 62.0. The first-order valence-corrected chi connectivity index (χ1v) is 7.13. The average Bonchev–Trinajstić information content (AvgIpc) is 2.28. The van der Waals surface area contributed by atoms with E-state index in [9.17, 15) is 21.6 Å². The smallest absolute Gasteiger partial charge is 0.330 e. The summed E-state index contributed by atoms with van der Waals surface area (Å²) in [5.74, 6) is -0.134. The second kappa shape index (κ2) is 6.20. The normalized spacial score (nSPS) is 12.4. The van der Waals surface area contributed by atoms with E-state index in [0.29, 0.717) is 19.4 Å². The van der Waals surface area contributed by atoms with Gasteiger partial charge in [0.2, 0.25) is 10.0 Å². The maximum atomic E-state index is 12.3. The summed E-state index contributed by atoms with van der Waals surface area (Å²) in [4.78, 5) is 3.16. The molecule has 0 bridgehead atoms. The van der Waals surface area contributed by atoms with Gasteiger partial charge in [-0.1, -0.05) is 0 Å². The first kappa shape index (κ1) is 15.7. The lowest BCUT2D eigenvalue weighted by atomic mass is 10.3. The first-order valence-electron chi connectivity index (χ1n) is 5.48. The van der Waals surface area contributed by atoms with Crippen molar-refractivity contribution in [1.29, 1.82) is 0 Å². The highest BCUT2D eigenvalue weighted by atomic mass is 32.2. The number of hydrogen-bond donors (Lipinski definition) is 2. The molecule has 0 atom stereocenters. The number of nitrogens with one attached hydrogen (secondary N) is 1. The van der Waals surface area contributed by atoms with E-state index < -0.39 is 21.9 Å². The highest BCUT2D eigenvalue weighted by molar-refractivity contribution is 7.92. The van der Waals surface area contributed by atoms with E-state index in [-0.39, 0.29) is 11.4 Å². The number of pyridine rings is 1. The van der Waals surface area contributed by atoms with Crippen molar-refractivity contribution in [1.82, 2.24) is 4.98 Å². The predicted molar refractivity (Wildman–Crippen MR) is 64.9 cm³/mol. The Hall–Kier alpha value is -1.35. The van der Waals surface area contributed by atoms with Crippen LogP contribution in [0.25, 0.3) is 0 Å². The third kappa shape index (κ3) is 5.43. The summed E-state index contributed by atoms with van der Waals surface area (Å²) in [6.45, 7) is 0.386. The molecule has 9 heteroatoms. The molecule has 108 valence electrons. The fraction of sp³-hybridized carbons (Fsp3) is 0.500. The molecule has 0 saturated carbocycles. The number of halogens is 3. The minimum atomic E-state index is -4.54. The van der Waals surface area contributed by atoms with E-state index in [2.05, 4.69) is 9.71 Å². The lowest BCUT2D eigenvalue weighted by molar-refractivity contribution is -0.141. The minimum Gasteiger partial charge on any atom is -0.330 e. The van der Waals surface area contributed by atoms with Gasteiger partial charge in [-0.25, -0.2) is 13.4 Å². The van der Waals surface area contributed by atoms with Crippen LogP contribution in [-0.2, 0) is 16.2 Å². The molecule has 5 nitrogen and oxygen atoms in total. The van der Waals surface area contributed by atoms with Crippen LogP contribution in [0.15, 0.2) is 18.3 Å². The van der Waals surface area contributed by atoms with Crippen LogP contribution >= 0.6 is 0 Å². The lowest BCUT2D eigenvalue weighted by Crippen LogP contribution is -2.18. The van der Waals surface area contributed by atoms with Gasteiger partial charge in [0.05, 0.1) is 17.6 Å². The predicted octanol–water partition coefficient (Wildman–Crippen LogP) is 1.58. The van der Waals surface area contributed by atoms with Gasteiger partial charge in [0.15, 0.2) is 0 Å². The van der Waals surface area contributed by atoms with Gasteiger partial charge in [-0.3, -0.25) is 4.72 Å². The maximum Gasteiger partial charge on any atom is 0.433 e. The van der Waals surface area contributed by atoms with Gasteiger partial charge >= 0.3 is 6.18 Å². The molecule has 0 spiro atoms. The molecule has 19 heavy (non-hydrogen) atoms. The molecule has 1 aromatic rings. The maximum absolute atomic E-state index is 12.3. The Morgan fingerprint density at radius 3 is 2.42 bits per heavy atom. The fourth-order valence-electron chi connectivity index (χ4n) is 1.29. The average molecular weight is 297 g/mol. The summed E-state index contributed by atoms with van der Waals surface area (Å²) in [6, 6.07) is 1.74. The highest BCUT2D eigenvalue weighted by Crippen LogP contribution is 2.27. The van der Waals surface area contributed by atoms with Crippen molar-refractivity contribution in [2.45, 2.75) is 19.0 Å². The molecule has 0 fully saturated rings. The van der Waals surface area contributed by atoms with Crippen LogP contribution in [-0.4, -0.2) is 25.7 Å². The summed E-state index contributed by atoms with van der Waals surface area (Å²) in [5.41, 5.74) is 4.17. The van der Waals surface area contributed by atoms with Crippen molar-refractivity contribution in [3.05, 3.63) is 24.0 Å². The topological polar surface area (TPSA) is 85.1 Å². The van der Waals surface area contributed by atoms with Gasteiger partial charge in [-0.15, -0.1) is 0 Å². The third-order valence-corrected chi connectivity index (χ3v) is 3.57. The van der Waals surface area contributed by atoms with Crippen LogP contribution < -0.4 is 10.5 Å². The van der Waals surface area contributed by atoms with E-state index in [1.165, 1.54) is 0 Å². The second-order valence-electron chi connectivity index (χ2n) is 3.85. The number of hydrogen-bond acceptors (Lipinski definition) is 4. The molecule has 0 aliphatic rings. The molecule has 1 aromatic heterocycles. The van der Waals surface area contributed by atoms with Gasteiger partial charge in [0.1, 0.15) is 5.69 Å². The van der Waals surface area contributed by atoms with Crippen molar-refractivity contribution in [3.63, 3.8) is 0 Å². The molecule has 1 rings (SSSR count). The number of unbranched alkanes of at least 4 members (excludes halogenated alkanes) is 1. The number of anilines is 1. The van der Waals surface area contributed by atoms with Crippen LogP contribution in [0.1, 0.15) is 18.5 Å². The Morgan fingerprint density at radius 1 is 1.26 bits per heavy atom. The van der Waals surface area contributed by atoms with Gasteiger partial charge in [-0.05, 0) is 31.5 Å². The van der Waals surface area contributed by atoms with E-state index in [0.717, 1.165) is 18.3 Å². The second-order valence-corrected chi connectivity index (χ2v) is 5.69. The van der Waals surface area contributed by atoms with E-state index in [1.54, 1.807) is 0 Å². The largest absolute Gasteiger partial charge is 0.433 e. The number of nitrogens with zero attached hydrogens (tertiary/aromatic N) is 1. The van der Waals surface area contributed by atoms with E-state index in [4.69, 9.17) is 5.73 Å². The monoisotopic (exact) mass is 297 g/mol. The molecule has 0 radical (unpaired) electrons. The number of aromatic nitrogens is 1. The standard InChI is InChI=1S/C10H14F3N3O2S/c11-10(12,13)9-4-3-8(7-15-9)16-19(17,18)6-2-1-5-14/h3-4,7,16H,1-2,5-6,14H2. The molecule has 0 aliphatic heterocycles. The molecular formula is C10H14F3N3O2S. The van der Waals surface area contributed by atoms with E-state index in [1.807, 2.05) is 0 Å². The van der Waals surface area contributed by atoms with Crippen molar-refractivity contribution in [3.8, 4) is 0 Å². The van der Waals surface area contributed by atoms with Crippen molar-refractivity contribution in [2.75, 3.05) is 17.0 Å².